The summed E-state index contributed by atoms with van der Waals surface area (Å²) in [6, 6.07) is 9.78. The van der Waals surface area contributed by atoms with E-state index in [2.05, 4.69) is 4.98 Å². The number of benzene rings is 1. The molecule has 0 spiro atoms. The number of hydrogen-bond donors (Lipinski definition) is 2. The zero-order valence-corrected chi connectivity index (χ0v) is 9.95. The third-order valence-corrected chi connectivity index (χ3v) is 2.83. The molecule has 1 aromatic carbocycles. The lowest BCUT2D eigenvalue weighted by molar-refractivity contribution is 0.0692. The molecule has 0 aliphatic rings. The number of carbonyl (C=O) groups is 1. The molecular weight excluding hydrogens is 214 g/mol. The quantitative estimate of drug-likeness (QED) is 0.848. The molecular formula is C14H15NO2. The molecule has 3 heteroatoms. The Balaban J connectivity index is 2.53. The summed E-state index contributed by atoms with van der Waals surface area (Å²) in [6.45, 7) is 4.01. The highest BCUT2D eigenvalue weighted by Crippen LogP contribution is 2.25. The maximum absolute atomic E-state index is 11.2. The summed E-state index contributed by atoms with van der Waals surface area (Å²) >= 11 is 0. The Morgan fingerprint density at radius 2 is 1.94 bits per heavy atom. The van der Waals surface area contributed by atoms with E-state index < -0.39 is 5.97 Å². The highest BCUT2D eigenvalue weighted by Gasteiger charge is 2.15. The van der Waals surface area contributed by atoms with Crippen LogP contribution in [0, 0.1) is 6.92 Å². The first-order chi connectivity index (χ1) is 8.11. The van der Waals surface area contributed by atoms with Crippen molar-refractivity contribution in [1.82, 2.24) is 4.98 Å². The lowest BCUT2D eigenvalue weighted by atomic mass is 10.0. The number of carboxylic acid groups (broad SMARTS) is 1. The summed E-state index contributed by atoms with van der Waals surface area (Å²) in [7, 11) is 0. The summed E-state index contributed by atoms with van der Waals surface area (Å²) in [5.74, 6) is -0.916. The Bertz CT molecular complexity index is 538. The number of nitrogens with one attached hydrogen (secondary N) is 1. The van der Waals surface area contributed by atoms with Crippen molar-refractivity contribution in [2.45, 2.75) is 20.3 Å². The predicted molar refractivity (Wildman–Crippen MR) is 67.3 cm³/mol. The van der Waals surface area contributed by atoms with E-state index >= 15 is 0 Å². The van der Waals surface area contributed by atoms with Crippen LogP contribution in [0.4, 0.5) is 0 Å². The molecule has 88 valence electrons. The lowest BCUT2D eigenvalue weighted by Crippen LogP contribution is -1.99. The second-order valence-corrected chi connectivity index (χ2v) is 4.11. The molecule has 2 N–H and O–H groups in total. The van der Waals surface area contributed by atoms with E-state index in [9.17, 15) is 4.79 Å². The number of hydrogen-bond acceptors (Lipinski definition) is 1. The smallest absolute Gasteiger partial charge is 0.352 e. The van der Waals surface area contributed by atoms with Crippen molar-refractivity contribution in [2.24, 2.45) is 0 Å². The molecule has 0 radical (unpaired) electrons. The standard InChI is InChI=1S/C14H15NO2/c1-3-11-8-12(13(15-11)14(16)17)10-6-4-9(2)5-7-10/h4-8,15H,3H2,1-2H3,(H,16,17). The molecule has 3 nitrogen and oxygen atoms in total. The Kier molecular flexibility index (Phi) is 3.00. The Morgan fingerprint density at radius 3 is 2.47 bits per heavy atom. The van der Waals surface area contributed by atoms with Gasteiger partial charge in [-0.3, -0.25) is 0 Å². The van der Waals surface area contributed by atoms with Crippen LogP contribution in [-0.4, -0.2) is 16.1 Å². The molecule has 0 amide bonds. The van der Waals surface area contributed by atoms with E-state index in [1.807, 2.05) is 44.2 Å². The van der Waals surface area contributed by atoms with Gasteiger partial charge < -0.3 is 10.1 Å². The first kappa shape index (κ1) is 11.5. The first-order valence-corrected chi connectivity index (χ1v) is 5.64. The molecule has 1 heterocycles. The SMILES string of the molecule is CCc1cc(-c2ccc(C)cc2)c(C(=O)O)[nH]1. The van der Waals surface area contributed by atoms with Crippen LogP contribution in [0.5, 0.6) is 0 Å². The average Bonchev–Trinajstić information content (AvgIpc) is 2.74. The fourth-order valence-corrected chi connectivity index (χ4v) is 1.83. The first-order valence-electron chi connectivity index (χ1n) is 5.64. The molecule has 0 saturated heterocycles. The second-order valence-electron chi connectivity index (χ2n) is 4.11. The van der Waals surface area contributed by atoms with Crippen molar-refractivity contribution in [1.29, 1.82) is 0 Å². The van der Waals surface area contributed by atoms with Gasteiger partial charge in [0.15, 0.2) is 0 Å². The van der Waals surface area contributed by atoms with Gasteiger partial charge >= 0.3 is 5.97 Å². The van der Waals surface area contributed by atoms with E-state index in [0.29, 0.717) is 0 Å². The summed E-state index contributed by atoms with van der Waals surface area (Å²) in [6.07, 6.45) is 0.798. The Morgan fingerprint density at radius 1 is 1.29 bits per heavy atom. The molecule has 0 atom stereocenters. The van der Waals surface area contributed by atoms with Crippen LogP contribution in [0.3, 0.4) is 0 Å². The number of aryl methyl sites for hydroxylation is 2. The third kappa shape index (κ3) is 2.23. The number of carboxylic acids is 1. The van der Waals surface area contributed by atoms with E-state index in [-0.39, 0.29) is 5.69 Å². The van der Waals surface area contributed by atoms with Gasteiger partial charge in [-0.05, 0) is 25.0 Å². The molecule has 0 aliphatic heterocycles. The van der Waals surface area contributed by atoms with Gasteiger partial charge in [0.05, 0.1) is 0 Å². The van der Waals surface area contributed by atoms with Crippen molar-refractivity contribution in [3.63, 3.8) is 0 Å². The zero-order valence-electron chi connectivity index (χ0n) is 9.95. The highest BCUT2D eigenvalue weighted by molar-refractivity contribution is 5.94. The minimum atomic E-state index is -0.916. The van der Waals surface area contributed by atoms with Crippen LogP contribution in [0.1, 0.15) is 28.7 Å². The van der Waals surface area contributed by atoms with Crippen LogP contribution < -0.4 is 0 Å². The van der Waals surface area contributed by atoms with Crippen LogP contribution in [0.2, 0.25) is 0 Å². The fraction of sp³-hybridized carbons (Fsp3) is 0.214. The number of rotatable bonds is 3. The fourth-order valence-electron chi connectivity index (χ4n) is 1.83. The number of aromatic amines is 1. The van der Waals surface area contributed by atoms with Crippen LogP contribution in [-0.2, 0) is 6.42 Å². The van der Waals surface area contributed by atoms with Gasteiger partial charge in [-0.2, -0.15) is 0 Å². The molecule has 2 rings (SSSR count). The molecule has 17 heavy (non-hydrogen) atoms. The topological polar surface area (TPSA) is 53.1 Å². The lowest BCUT2D eigenvalue weighted by Gasteiger charge is -2.00. The van der Waals surface area contributed by atoms with Crippen molar-refractivity contribution in [2.75, 3.05) is 0 Å². The highest BCUT2D eigenvalue weighted by atomic mass is 16.4. The van der Waals surface area contributed by atoms with Gasteiger partial charge in [0, 0.05) is 11.3 Å². The average molecular weight is 229 g/mol. The van der Waals surface area contributed by atoms with Crippen molar-refractivity contribution in [3.8, 4) is 11.1 Å². The number of aromatic carboxylic acids is 1. The summed E-state index contributed by atoms with van der Waals surface area (Å²) in [4.78, 5) is 14.1. The Hall–Kier alpha value is -2.03. The second kappa shape index (κ2) is 4.45. The van der Waals surface area contributed by atoms with Crippen LogP contribution in [0.15, 0.2) is 30.3 Å². The van der Waals surface area contributed by atoms with Crippen LogP contribution >= 0.6 is 0 Å². The summed E-state index contributed by atoms with van der Waals surface area (Å²) in [5.41, 5.74) is 4.07. The maximum atomic E-state index is 11.2. The van der Waals surface area contributed by atoms with Gasteiger partial charge in [0.1, 0.15) is 5.69 Å². The zero-order chi connectivity index (χ0) is 12.4. The van der Waals surface area contributed by atoms with Gasteiger partial charge in [-0.25, -0.2) is 4.79 Å². The van der Waals surface area contributed by atoms with Gasteiger partial charge in [-0.15, -0.1) is 0 Å². The van der Waals surface area contributed by atoms with Gasteiger partial charge in [0.25, 0.3) is 0 Å². The molecule has 0 saturated carbocycles. The van der Waals surface area contributed by atoms with E-state index in [1.165, 1.54) is 0 Å². The monoisotopic (exact) mass is 229 g/mol. The van der Waals surface area contributed by atoms with Crippen molar-refractivity contribution >= 4 is 5.97 Å². The third-order valence-electron chi connectivity index (χ3n) is 2.83. The van der Waals surface area contributed by atoms with Crippen molar-refractivity contribution in [3.05, 3.63) is 47.3 Å². The largest absolute Gasteiger partial charge is 0.477 e. The summed E-state index contributed by atoms with van der Waals surface area (Å²) in [5, 5.41) is 9.16. The summed E-state index contributed by atoms with van der Waals surface area (Å²) < 4.78 is 0. The molecule has 0 bridgehead atoms. The molecule has 0 fully saturated rings. The van der Waals surface area contributed by atoms with E-state index in [0.717, 1.165) is 28.8 Å². The maximum Gasteiger partial charge on any atom is 0.352 e. The molecule has 0 aliphatic carbocycles. The number of H-pyrrole nitrogens is 1. The van der Waals surface area contributed by atoms with E-state index in [1.54, 1.807) is 0 Å². The minimum Gasteiger partial charge on any atom is -0.477 e. The van der Waals surface area contributed by atoms with Gasteiger partial charge in [-0.1, -0.05) is 36.8 Å². The minimum absolute atomic E-state index is 0.269. The molecule has 0 unspecified atom stereocenters. The normalized spacial score (nSPS) is 10.5. The predicted octanol–water partition coefficient (Wildman–Crippen LogP) is 3.25. The number of aromatic nitrogens is 1. The van der Waals surface area contributed by atoms with Gasteiger partial charge in [0.2, 0.25) is 0 Å². The Labute approximate surface area is 100 Å². The molecule has 1 aromatic heterocycles. The molecule has 2 aromatic rings. The van der Waals surface area contributed by atoms with E-state index in [4.69, 9.17) is 5.11 Å². The van der Waals surface area contributed by atoms with Crippen molar-refractivity contribution < 1.29 is 9.90 Å². The van der Waals surface area contributed by atoms with Crippen LogP contribution in [0.25, 0.3) is 11.1 Å².